The van der Waals surface area contributed by atoms with Crippen LogP contribution in [-0.4, -0.2) is 33.0 Å². The lowest BCUT2D eigenvalue weighted by atomic mass is 10.2. The van der Waals surface area contributed by atoms with Gasteiger partial charge < -0.3 is 9.15 Å². The van der Waals surface area contributed by atoms with Gasteiger partial charge in [0.1, 0.15) is 11.4 Å². The van der Waals surface area contributed by atoms with Gasteiger partial charge in [-0.2, -0.15) is 5.10 Å². The van der Waals surface area contributed by atoms with Crippen LogP contribution in [0.3, 0.4) is 0 Å². The average Bonchev–Trinajstić information content (AvgIpc) is 3.23. The molecule has 0 aliphatic rings. The first kappa shape index (κ1) is 17.0. The van der Waals surface area contributed by atoms with Gasteiger partial charge in [-0.25, -0.2) is 0 Å². The number of aromatic nitrogens is 4. The number of halogens is 1. The highest BCUT2D eigenvalue weighted by Gasteiger charge is 2.19. The molecule has 3 rings (SSSR count). The van der Waals surface area contributed by atoms with Gasteiger partial charge in [0.05, 0.1) is 12.7 Å². The van der Waals surface area contributed by atoms with Crippen LogP contribution in [0.25, 0.3) is 11.6 Å². The molecule has 130 valence electrons. The molecule has 1 N–H and O–H groups in total. The molecule has 0 atom stereocenters. The Labute approximate surface area is 148 Å². The van der Waals surface area contributed by atoms with Crippen LogP contribution in [0.15, 0.2) is 34.9 Å². The second-order valence-electron chi connectivity index (χ2n) is 5.47. The minimum Gasteiger partial charge on any atom is -0.496 e. The number of ether oxygens (including phenoxy) is 1. The molecule has 0 saturated heterocycles. The molecule has 0 fully saturated rings. The van der Waals surface area contributed by atoms with Gasteiger partial charge in [-0.15, -0.1) is 5.10 Å². The first-order chi connectivity index (χ1) is 12.0. The predicted octanol–water partition coefficient (Wildman–Crippen LogP) is 3.43. The van der Waals surface area contributed by atoms with E-state index in [4.69, 9.17) is 20.8 Å². The Hall–Kier alpha value is -2.87. The molecule has 2 aromatic heterocycles. The Morgan fingerprint density at radius 2 is 2.12 bits per heavy atom. The van der Waals surface area contributed by atoms with Crippen LogP contribution in [0.2, 0.25) is 5.02 Å². The number of carbonyl (C=O) groups is 1. The van der Waals surface area contributed by atoms with Crippen molar-refractivity contribution in [3.05, 3.63) is 41.0 Å². The largest absolute Gasteiger partial charge is 0.496 e. The third-order valence-electron chi connectivity index (χ3n) is 3.43. The zero-order valence-corrected chi connectivity index (χ0v) is 14.6. The maximum absolute atomic E-state index is 12.4. The van der Waals surface area contributed by atoms with Gasteiger partial charge in [0.15, 0.2) is 0 Å². The van der Waals surface area contributed by atoms with Gasteiger partial charge in [-0.3, -0.25) is 14.8 Å². The normalized spacial score (nSPS) is 10.9. The van der Waals surface area contributed by atoms with Crippen LogP contribution in [0.5, 0.6) is 5.75 Å². The summed E-state index contributed by atoms with van der Waals surface area (Å²) in [5.74, 6) is 0.186. The van der Waals surface area contributed by atoms with E-state index in [-0.39, 0.29) is 23.5 Å². The zero-order valence-electron chi connectivity index (χ0n) is 13.9. The fourth-order valence-corrected chi connectivity index (χ4v) is 2.47. The van der Waals surface area contributed by atoms with Crippen LogP contribution in [-0.2, 0) is 0 Å². The van der Waals surface area contributed by atoms with Crippen LogP contribution in [0.1, 0.15) is 30.2 Å². The fraction of sp³-hybridized carbons (Fsp3) is 0.250. The highest BCUT2D eigenvalue weighted by atomic mass is 35.5. The Kier molecular flexibility index (Phi) is 4.71. The van der Waals surface area contributed by atoms with E-state index in [1.807, 2.05) is 13.8 Å². The Morgan fingerprint density at radius 3 is 2.84 bits per heavy atom. The summed E-state index contributed by atoms with van der Waals surface area (Å²) in [4.78, 5) is 12.4. The number of carbonyl (C=O) groups excluding carboxylic acids is 1. The molecular weight excluding hydrogens is 346 g/mol. The van der Waals surface area contributed by atoms with Crippen molar-refractivity contribution in [1.82, 2.24) is 20.0 Å². The van der Waals surface area contributed by atoms with Crippen molar-refractivity contribution in [2.75, 3.05) is 12.4 Å². The summed E-state index contributed by atoms with van der Waals surface area (Å²) in [7, 11) is 1.47. The first-order valence-electron chi connectivity index (χ1n) is 7.52. The van der Waals surface area contributed by atoms with Crippen molar-refractivity contribution in [2.45, 2.75) is 19.9 Å². The minimum atomic E-state index is -0.466. The number of methoxy groups -OCH3 is 1. The molecule has 0 unspecified atom stereocenters. The maximum Gasteiger partial charge on any atom is 0.322 e. The van der Waals surface area contributed by atoms with E-state index >= 15 is 0 Å². The van der Waals surface area contributed by atoms with Crippen LogP contribution in [0, 0.1) is 0 Å². The monoisotopic (exact) mass is 361 g/mol. The molecule has 1 aromatic carbocycles. The highest BCUT2D eigenvalue weighted by molar-refractivity contribution is 6.31. The van der Waals surface area contributed by atoms with Crippen molar-refractivity contribution in [2.24, 2.45) is 0 Å². The number of nitrogens with one attached hydrogen (secondary N) is 1. The van der Waals surface area contributed by atoms with E-state index in [0.717, 1.165) is 0 Å². The average molecular weight is 362 g/mol. The minimum absolute atomic E-state index is 0.0291. The van der Waals surface area contributed by atoms with Gasteiger partial charge in [0.25, 0.3) is 11.8 Å². The van der Waals surface area contributed by atoms with Gasteiger partial charge in [0, 0.05) is 17.3 Å². The third-order valence-corrected chi connectivity index (χ3v) is 3.67. The van der Waals surface area contributed by atoms with E-state index < -0.39 is 5.91 Å². The molecule has 0 radical (unpaired) electrons. The lowest BCUT2D eigenvalue weighted by Gasteiger charge is -2.08. The molecule has 25 heavy (non-hydrogen) atoms. The summed E-state index contributed by atoms with van der Waals surface area (Å²) in [6.07, 6.45) is 1.65. The summed E-state index contributed by atoms with van der Waals surface area (Å²) < 4.78 is 12.4. The highest BCUT2D eigenvalue weighted by Crippen LogP contribution is 2.25. The zero-order chi connectivity index (χ0) is 18.0. The molecule has 0 aliphatic carbocycles. The van der Waals surface area contributed by atoms with Gasteiger partial charge in [0.2, 0.25) is 0 Å². The van der Waals surface area contributed by atoms with E-state index in [0.29, 0.717) is 16.5 Å². The summed E-state index contributed by atoms with van der Waals surface area (Å²) in [6, 6.07) is 6.61. The molecule has 3 aromatic rings. The van der Waals surface area contributed by atoms with Crippen LogP contribution in [0.4, 0.5) is 6.01 Å². The summed E-state index contributed by atoms with van der Waals surface area (Å²) in [6.45, 7) is 3.97. The SMILES string of the molecule is COc1ccc(Cl)cc1C(=O)Nc1nnc(-c2ccnn2C(C)C)o1. The second kappa shape index (κ2) is 6.94. The first-order valence-corrected chi connectivity index (χ1v) is 7.89. The molecule has 9 heteroatoms. The van der Waals surface area contributed by atoms with Gasteiger partial charge in [-0.05, 0) is 38.1 Å². The smallest absolute Gasteiger partial charge is 0.322 e. The van der Waals surface area contributed by atoms with E-state index in [1.165, 1.54) is 13.2 Å². The molecule has 0 saturated carbocycles. The van der Waals surface area contributed by atoms with E-state index in [9.17, 15) is 4.79 Å². The number of benzene rings is 1. The molecule has 1 amide bonds. The van der Waals surface area contributed by atoms with Crippen molar-refractivity contribution in [3.8, 4) is 17.3 Å². The number of hydrogen-bond acceptors (Lipinski definition) is 6. The molecule has 2 heterocycles. The summed E-state index contributed by atoms with van der Waals surface area (Å²) in [5, 5.41) is 15.0. The lowest BCUT2D eigenvalue weighted by Crippen LogP contribution is -2.13. The number of nitrogens with zero attached hydrogens (tertiary/aromatic N) is 4. The molecule has 0 bridgehead atoms. The van der Waals surface area contributed by atoms with Crippen molar-refractivity contribution in [1.29, 1.82) is 0 Å². The molecular formula is C16H16ClN5O3. The van der Waals surface area contributed by atoms with E-state index in [1.54, 1.807) is 29.1 Å². The molecule has 0 aliphatic heterocycles. The number of anilines is 1. The summed E-state index contributed by atoms with van der Waals surface area (Å²) >= 11 is 5.94. The van der Waals surface area contributed by atoms with Crippen LogP contribution < -0.4 is 10.1 Å². The topological polar surface area (TPSA) is 95.1 Å². The number of hydrogen-bond donors (Lipinski definition) is 1. The third kappa shape index (κ3) is 3.48. The lowest BCUT2D eigenvalue weighted by molar-refractivity contribution is 0.102. The van der Waals surface area contributed by atoms with Crippen molar-refractivity contribution < 1.29 is 13.9 Å². The van der Waals surface area contributed by atoms with E-state index in [2.05, 4.69) is 20.6 Å². The predicted molar refractivity (Wildman–Crippen MR) is 91.9 cm³/mol. The fourth-order valence-electron chi connectivity index (χ4n) is 2.29. The molecule has 8 nitrogen and oxygen atoms in total. The Bertz CT molecular complexity index is 903. The van der Waals surface area contributed by atoms with Gasteiger partial charge in [-0.1, -0.05) is 16.7 Å². The van der Waals surface area contributed by atoms with Gasteiger partial charge >= 0.3 is 6.01 Å². The van der Waals surface area contributed by atoms with Crippen LogP contribution >= 0.6 is 11.6 Å². The second-order valence-corrected chi connectivity index (χ2v) is 5.90. The van der Waals surface area contributed by atoms with Crippen molar-refractivity contribution in [3.63, 3.8) is 0 Å². The standard InChI is InChI=1S/C16H16ClN5O3/c1-9(2)22-12(6-7-18-22)15-20-21-16(25-15)19-14(23)11-8-10(17)4-5-13(11)24-3/h4-9H,1-3H3,(H,19,21,23). The number of amides is 1. The quantitative estimate of drug-likeness (QED) is 0.748. The van der Waals surface area contributed by atoms with Crippen molar-refractivity contribution >= 4 is 23.5 Å². The summed E-state index contributed by atoms with van der Waals surface area (Å²) in [5.41, 5.74) is 0.935. The molecule has 0 spiro atoms. The Morgan fingerprint density at radius 1 is 1.32 bits per heavy atom. The Balaban J connectivity index is 1.83. The number of rotatable bonds is 5. The maximum atomic E-state index is 12.4.